The van der Waals surface area contributed by atoms with E-state index < -0.39 is 12.1 Å². The molecule has 1 saturated heterocycles. The molecule has 18 heavy (non-hydrogen) atoms. The molecule has 2 N–H and O–H groups in total. The second-order valence-corrected chi connectivity index (χ2v) is 5.76. The first-order chi connectivity index (χ1) is 8.66. The quantitative estimate of drug-likeness (QED) is 0.790. The minimum atomic E-state index is -0.821. The Hall–Kier alpha value is -0.610. The van der Waals surface area contributed by atoms with Crippen molar-refractivity contribution in [3.8, 4) is 0 Å². The van der Waals surface area contributed by atoms with Crippen molar-refractivity contribution < 1.29 is 14.6 Å². The summed E-state index contributed by atoms with van der Waals surface area (Å²) in [6, 6.07) is 0.526. The fourth-order valence-corrected chi connectivity index (χ4v) is 3.16. The van der Waals surface area contributed by atoms with Gasteiger partial charge >= 0.3 is 5.97 Å². The molecule has 0 radical (unpaired) electrons. The molecule has 0 aromatic carbocycles. The predicted molar refractivity (Wildman–Crippen MR) is 69.6 cm³/mol. The van der Waals surface area contributed by atoms with E-state index in [0.29, 0.717) is 12.5 Å². The van der Waals surface area contributed by atoms with Gasteiger partial charge in [0, 0.05) is 12.6 Å². The summed E-state index contributed by atoms with van der Waals surface area (Å²) in [6.07, 6.45) is 7.78. The topological polar surface area (TPSA) is 58.6 Å². The zero-order valence-electron chi connectivity index (χ0n) is 11.2. The Bertz CT molecular complexity index is 276. The summed E-state index contributed by atoms with van der Waals surface area (Å²) in [5.41, 5.74) is 0. The molecule has 2 unspecified atom stereocenters. The van der Waals surface area contributed by atoms with Crippen molar-refractivity contribution in [1.82, 2.24) is 5.32 Å². The van der Waals surface area contributed by atoms with E-state index in [4.69, 9.17) is 9.84 Å². The first kappa shape index (κ1) is 13.8. The van der Waals surface area contributed by atoms with Gasteiger partial charge in [0.1, 0.15) is 0 Å². The summed E-state index contributed by atoms with van der Waals surface area (Å²) >= 11 is 0. The molecule has 2 aliphatic rings. The molecule has 4 nitrogen and oxygen atoms in total. The van der Waals surface area contributed by atoms with E-state index in [9.17, 15) is 4.79 Å². The van der Waals surface area contributed by atoms with Gasteiger partial charge in [0.15, 0.2) is 6.10 Å². The van der Waals surface area contributed by atoms with Gasteiger partial charge in [0.25, 0.3) is 0 Å². The highest BCUT2D eigenvalue weighted by atomic mass is 16.5. The Balaban J connectivity index is 1.67. The third kappa shape index (κ3) is 3.69. The van der Waals surface area contributed by atoms with Crippen LogP contribution in [0.25, 0.3) is 0 Å². The van der Waals surface area contributed by atoms with Gasteiger partial charge in [-0.05, 0) is 38.5 Å². The zero-order chi connectivity index (χ0) is 13.0. The maximum absolute atomic E-state index is 10.8. The molecular weight excluding hydrogens is 230 g/mol. The van der Waals surface area contributed by atoms with Crippen molar-refractivity contribution in [3.63, 3.8) is 0 Å². The van der Waals surface area contributed by atoms with Gasteiger partial charge in [-0.2, -0.15) is 0 Å². The molecule has 1 aliphatic heterocycles. The zero-order valence-corrected chi connectivity index (χ0v) is 11.2. The van der Waals surface area contributed by atoms with E-state index in [1.807, 2.05) is 0 Å². The number of carbonyl (C=O) groups is 1. The van der Waals surface area contributed by atoms with Gasteiger partial charge in [-0.15, -0.1) is 0 Å². The first-order valence-electron chi connectivity index (χ1n) is 7.28. The number of rotatable bonds is 5. The number of nitrogens with one attached hydrogen (secondary N) is 1. The van der Waals surface area contributed by atoms with Crippen LogP contribution in [0.15, 0.2) is 0 Å². The molecule has 0 aromatic heterocycles. The Labute approximate surface area is 109 Å². The molecule has 0 amide bonds. The third-order valence-corrected chi connectivity index (χ3v) is 4.41. The molecule has 4 heteroatoms. The van der Waals surface area contributed by atoms with Gasteiger partial charge in [0.05, 0.1) is 6.10 Å². The summed E-state index contributed by atoms with van der Waals surface area (Å²) in [5, 5.41) is 12.4. The highest BCUT2D eigenvalue weighted by molar-refractivity contribution is 5.72. The monoisotopic (exact) mass is 255 g/mol. The molecule has 0 bridgehead atoms. The summed E-state index contributed by atoms with van der Waals surface area (Å²) < 4.78 is 5.50. The van der Waals surface area contributed by atoms with Crippen molar-refractivity contribution in [1.29, 1.82) is 0 Å². The Morgan fingerprint density at radius 3 is 2.61 bits per heavy atom. The van der Waals surface area contributed by atoms with E-state index in [2.05, 4.69) is 12.2 Å². The maximum atomic E-state index is 10.8. The van der Waals surface area contributed by atoms with Gasteiger partial charge in [0.2, 0.25) is 0 Å². The van der Waals surface area contributed by atoms with Crippen LogP contribution >= 0.6 is 0 Å². The van der Waals surface area contributed by atoms with E-state index in [1.54, 1.807) is 0 Å². The average molecular weight is 255 g/mol. The van der Waals surface area contributed by atoms with Crippen LogP contribution in [0.5, 0.6) is 0 Å². The normalized spacial score (nSPS) is 31.4. The lowest BCUT2D eigenvalue weighted by Crippen LogP contribution is -2.39. The number of hydrogen-bond donors (Lipinski definition) is 2. The smallest absolute Gasteiger partial charge is 0.332 e. The van der Waals surface area contributed by atoms with E-state index >= 15 is 0 Å². The second-order valence-electron chi connectivity index (χ2n) is 5.76. The molecule has 1 heterocycles. The number of carboxylic acids is 1. The van der Waals surface area contributed by atoms with Crippen LogP contribution < -0.4 is 5.32 Å². The van der Waals surface area contributed by atoms with Crippen LogP contribution in [0, 0.1) is 5.92 Å². The molecule has 0 spiro atoms. The highest BCUT2D eigenvalue weighted by Crippen LogP contribution is 2.26. The average Bonchev–Trinajstić information content (AvgIpc) is 2.86. The van der Waals surface area contributed by atoms with Crippen LogP contribution in [0.2, 0.25) is 0 Å². The molecule has 2 fully saturated rings. The number of aliphatic carboxylic acids is 1. The fraction of sp³-hybridized carbons (Fsp3) is 0.929. The summed E-state index contributed by atoms with van der Waals surface area (Å²) in [4.78, 5) is 10.8. The SMILES string of the molecule is C[C@@H](NCC1CCC(C(=O)O)O1)C1CCCCC1. The standard InChI is InChI=1S/C14H25NO3/c1-10(11-5-3-2-4-6-11)15-9-12-7-8-13(18-12)14(16)17/h10-13,15H,2-9H2,1H3,(H,16,17)/t10-,12?,13?/m1/s1. The van der Waals surface area contributed by atoms with E-state index in [-0.39, 0.29) is 6.10 Å². The van der Waals surface area contributed by atoms with Crippen molar-refractivity contribution in [2.45, 2.75) is 70.1 Å². The minimum Gasteiger partial charge on any atom is -0.479 e. The fourth-order valence-electron chi connectivity index (χ4n) is 3.16. The molecule has 1 saturated carbocycles. The van der Waals surface area contributed by atoms with Gasteiger partial charge in [-0.1, -0.05) is 19.3 Å². The van der Waals surface area contributed by atoms with Crippen LogP contribution in [0.4, 0.5) is 0 Å². The largest absolute Gasteiger partial charge is 0.479 e. The molecule has 2 rings (SSSR count). The predicted octanol–water partition coefficient (Wildman–Crippen LogP) is 2.18. The van der Waals surface area contributed by atoms with Crippen LogP contribution in [-0.2, 0) is 9.53 Å². The number of hydrogen-bond acceptors (Lipinski definition) is 3. The van der Waals surface area contributed by atoms with Crippen molar-refractivity contribution >= 4 is 5.97 Å². The third-order valence-electron chi connectivity index (χ3n) is 4.41. The Kier molecular flexibility index (Phi) is 5.01. The van der Waals surface area contributed by atoms with Crippen LogP contribution in [0.3, 0.4) is 0 Å². The van der Waals surface area contributed by atoms with Crippen LogP contribution in [-0.4, -0.2) is 35.9 Å². The molecular formula is C14H25NO3. The number of carboxylic acid groups (broad SMARTS) is 1. The van der Waals surface area contributed by atoms with E-state index in [0.717, 1.165) is 18.9 Å². The first-order valence-corrected chi connectivity index (χ1v) is 7.28. The lowest BCUT2D eigenvalue weighted by Gasteiger charge is -2.29. The van der Waals surface area contributed by atoms with Crippen molar-refractivity contribution in [2.75, 3.05) is 6.54 Å². The van der Waals surface area contributed by atoms with Gasteiger partial charge in [-0.3, -0.25) is 0 Å². The Morgan fingerprint density at radius 1 is 1.28 bits per heavy atom. The van der Waals surface area contributed by atoms with E-state index in [1.165, 1.54) is 32.1 Å². The maximum Gasteiger partial charge on any atom is 0.332 e. The van der Waals surface area contributed by atoms with Gasteiger partial charge in [-0.25, -0.2) is 4.79 Å². The highest BCUT2D eigenvalue weighted by Gasteiger charge is 2.30. The minimum absolute atomic E-state index is 0.0807. The van der Waals surface area contributed by atoms with Crippen molar-refractivity contribution in [3.05, 3.63) is 0 Å². The summed E-state index contributed by atoms with van der Waals surface area (Å²) in [7, 11) is 0. The Morgan fingerprint density at radius 2 is 2.00 bits per heavy atom. The lowest BCUT2D eigenvalue weighted by atomic mass is 9.84. The lowest BCUT2D eigenvalue weighted by molar-refractivity contribution is -0.149. The molecule has 104 valence electrons. The van der Waals surface area contributed by atoms with Crippen molar-refractivity contribution in [2.24, 2.45) is 5.92 Å². The number of ether oxygens (including phenoxy) is 1. The summed E-state index contributed by atoms with van der Waals surface area (Å²) in [6.45, 7) is 3.04. The molecule has 0 aromatic rings. The second kappa shape index (κ2) is 6.53. The van der Waals surface area contributed by atoms with Crippen LogP contribution in [0.1, 0.15) is 51.9 Å². The van der Waals surface area contributed by atoms with Gasteiger partial charge < -0.3 is 15.2 Å². The summed E-state index contributed by atoms with van der Waals surface area (Å²) in [5.74, 6) is -0.0340. The molecule has 1 aliphatic carbocycles. The molecule has 3 atom stereocenters.